The molecule has 0 unspecified atom stereocenters. The van der Waals surface area contributed by atoms with Gasteiger partial charge in [0.2, 0.25) is 0 Å². The van der Waals surface area contributed by atoms with Crippen molar-refractivity contribution >= 4 is 11.6 Å². The number of halogens is 1. The van der Waals surface area contributed by atoms with Gasteiger partial charge in [0.05, 0.1) is 19.2 Å². The van der Waals surface area contributed by atoms with Gasteiger partial charge in [0.25, 0.3) is 0 Å². The van der Waals surface area contributed by atoms with E-state index in [2.05, 4.69) is 13.8 Å². The van der Waals surface area contributed by atoms with E-state index < -0.39 is 0 Å². The number of hydrogen-bond acceptors (Lipinski definition) is 2. The van der Waals surface area contributed by atoms with Gasteiger partial charge in [-0.25, -0.2) is 0 Å². The summed E-state index contributed by atoms with van der Waals surface area (Å²) in [5.74, 6) is 1.81. The molecule has 14 heavy (non-hydrogen) atoms. The normalized spacial score (nSPS) is 10.4. The smallest absolute Gasteiger partial charge is 0.138 e. The lowest BCUT2D eigenvalue weighted by molar-refractivity contribution is 0.397. The highest BCUT2D eigenvalue weighted by molar-refractivity contribution is 6.33. The van der Waals surface area contributed by atoms with Crippen molar-refractivity contribution in [3.63, 3.8) is 0 Å². The molecule has 0 radical (unpaired) electrons. The standard InChI is InChI=1S/C11H15ClO2/c1-7(2)10-8(13-3)5-6-9(14-4)11(10)12/h5-7H,1-4H3. The summed E-state index contributed by atoms with van der Waals surface area (Å²) < 4.78 is 10.4. The Morgan fingerprint density at radius 1 is 1.07 bits per heavy atom. The second kappa shape index (κ2) is 4.56. The maximum absolute atomic E-state index is 6.18. The quantitative estimate of drug-likeness (QED) is 0.767. The van der Waals surface area contributed by atoms with Crippen LogP contribution in [0.25, 0.3) is 0 Å². The summed E-state index contributed by atoms with van der Waals surface area (Å²) in [6, 6.07) is 3.69. The van der Waals surface area contributed by atoms with E-state index in [4.69, 9.17) is 21.1 Å². The van der Waals surface area contributed by atoms with Crippen LogP contribution in [0.4, 0.5) is 0 Å². The van der Waals surface area contributed by atoms with Crippen LogP contribution in [0.15, 0.2) is 12.1 Å². The van der Waals surface area contributed by atoms with Crippen LogP contribution in [-0.4, -0.2) is 14.2 Å². The molecule has 1 rings (SSSR count). The highest BCUT2D eigenvalue weighted by atomic mass is 35.5. The molecule has 0 amide bonds. The van der Waals surface area contributed by atoms with Gasteiger partial charge in [-0.15, -0.1) is 0 Å². The molecule has 0 atom stereocenters. The third-order valence-electron chi connectivity index (χ3n) is 2.12. The van der Waals surface area contributed by atoms with Gasteiger partial charge in [0.15, 0.2) is 0 Å². The Bertz CT molecular complexity index is 321. The van der Waals surface area contributed by atoms with Crippen LogP contribution < -0.4 is 9.47 Å². The Kier molecular flexibility index (Phi) is 3.64. The van der Waals surface area contributed by atoms with Crippen LogP contribution in [0.1, 0.15) is 25.3 Å². The number of ether oxygens (including phenoxy) is 2. The van der Waals surface area contributed by atoms with E-state index in [1.165, 1.54) is 0 Å². The van der Waals surface area contributed by atoms with Crippen LogP contribution in [0.3, 0.4) is 0 Å². The molecule has 0 aliphatic rings. The lowest BCUT2D eigenvalue weighted by Crippen LogP contribution is -1.97. The molecular weight excluding hydrogens is 200 g/mol. The molecule has 0 aromatic heterocycles. The zero-order valence-electron chi connectivity index (χ0n) is 8.93. The van der Waals surface area contributed by atoms with Crippen LogP contribution in [0, 0.1) is 0 Å². The zero-order valence-corrected chi connectivity index (χ0v) is 9.68. The summed E-state index contributed by atoms with van der Waals surface area (Å²) in [4.78, 5) is 0. The van der Waals surface area contributed by atoms with Gasteiger partial charge < -0.3 is 9.47 Å². The lowest BCUT2D eigenvalue weighted by Gasteiger charge is -2.15. The average molecular weight is 215 g/mol. The first-order valence-electron chi connectivity index (χ1n) is 4.52. The van der Waals surface area contributed by atoms with Gasteiger partial charge >= 0.3 is 0 Å². The molecule has 0 fully saturated rings. The van der Waals surface area contributed by atoms with Gasteiger partial charge in [0, 0.05) is 5.56 Å². The van der Waals surface area contributed by atoms with Crippen molar-refractivity contribution in [3.8, 4) is 11.5 Å². The van der Waals surface area contributed by atoms with Crippen molar-refractivity contribution < 1.29 is 9.47 Å². The van der Waals surface area contributed by atoms with Crippen LogP contribution >= 0.6 is 11.6 Å². The third kappa shape index (κ3) is 1.95. The van der Waals surface area contributed by atoms with E-state index in [0.717, 1.165) is 11.3 Å². The molecule has 1 aromatic rings. The first-order valence-corrected chi connectivity index (χ1v) is 4.90. The van der Waals surface area contributed by atoms with Crippen LogP contribution in [-0.2, 0) is 0 Å². The minimum Gasteiger partial charge on any atom is -0.496 e. The fraction of sp³-hybridized carbons (Fsp3) is 0.455. The third-order valence-corrected chi connectivity index (χ3v) is 2.51. The van der Waals surface area contributed by atoms with E-state index in [1.807, 2.05) is 12.1 Å². The topological polar surface area (TPSA) is 18.5 Å². The van der Waals surface area contributed by atoms with Crippen molar-refractivity contribution in [2.45, 2.75) is 19.8 Å². The monoisotopic (exact) mass is 214 g/mol. The summed E-state index contributed by atoms with van der Waals surface area (Å²) in [5, 5.41) is 0.641. The van der Waals surface area contributed by atoms with Crippen molar-refractivity contribution in [2.24, 2.45) is 0 Å². The molecule has 2 nitrogen and oxygen atoms in total. The Balaban J connectivity index is 3.31. The fourth-order valence-electron chi connectivity index (χ4n) is 1.43. The van der Waals surface area contributed by atoms with Crippen molar-refractivity contribution in [3.05, 3.63) is 22.7 Å². The highest BCUT2D eigenvalue weighted by Crippen LogP contribution is 2.38. The summed E-state index contributed by atoms with van der Waals surface area (Å²) >= 11 is 6.18. The van der Waals surface area contributed by atoms with E-state index >= 15 is 0 Å². The average Bonchev–Trinajstić information content (AvgIpc) is 2.16. The fourth-order valence-corrected chi connectivity index (χ4v) is 1.88. The summed E-state index contributed by atoms with van der Waals surface area (Å²) in [7, 11) is 3.25. The second-order valence-electron chi connectivity index (χ2n) is 3.35. The Labute approximate surface area is 89.8 Å². The number of hydrogen-bond donors (Lipinski definition) is 0. The molecule has 78 valence electrons. The van der Waals surface area contributed by atoms with Gasteiger partial charge in [-0.05, 0) is 18.1 Å². The molecular formula is C11H15ClO2. The molecule has 0 aliphatic heterocycles. The van der Waals surface area contributed by atoms with E-state index in [1.54, 1.807) is 14.2 Å². The Hall–Kier alpha value is -0.890. The number of benzene rings is 1. The Morgan fingerprint density at radius 3 is 2.00 bits per heavy atom. The summed E-state index contributed by atoms with van der Waals surface area (Å²) in [6.07, 6.45) is 0. The first-order chi connectivity index (χ1) is 6.61. The SMILES string of the molecule is COc1ccc(OC)c(C(C)C)c1Cl. The van der Waals surface area contributed by atoms with Crippen molar-refractivity contribution in [1.82, 2.24) is 0 Å². The van der Waals surface area contributed by atoms with E-state index in [0.29, 0.717) is 16.7 Å². The molecule has 0 saturated heterocycles. The minimum atomic E-state index is 0.313. The predicted molar refractivity (Wildman–Crippen MR) is 58.6 cm³/mol. The molecule has 0 bridgehead atoms. The first kappa shape index (κ1) is 11.2. The van der Waals surface area contributed by atoms with Crippen LogP contribution in [0.2, 0.25) is 5.02 Å². The Morgan fingerprint density at radius 2 is 1.57 bits per heavy atom. The molecule has 1 aromatic carbocycles. The molecule has 0 heterocycles. The van der Waals surface area contributed by atoms with Crippen molar-refractivity contribution in [2.75, 3.05) is 14.2 Å². The largest absolute Gasteiger partial charge is 0.496 e. The van der Waals surface area contributed by atoms with Gasteiger partial charge in [-0.1, -0.05) is 25.4 Å². The van der Waals surface area contributed by atoms with Gasteiger partial charge in [0.1, 0.15) is 11.5 Å². The highest BCUT2D eigenvalue weighted by Gasteiger charge is 2.15. The minimum absolute atomic E-state index is 0.313. The molecule has 0 saturated carbocycles. The summed E-state index contributed by atoms with van der Waals surface area (Å²) in [5.41, 5.74) is 0.994. The molecule has 0 spiro atoms. The second-order valence-corrected chi connectivity index (χ2v) is 3.73. The van der Waals surface area contributed by atoms with E-state index in [9.17, 15) is 0 Å². The zero-order chi connectivity index (χ0) is 10.7. The molecule has 3 heteroatoms. The maximum Gasteiger partial charge on any atom is 0.138 e. The van der Waals surface area contributed by atoms with Gasteiger partial charge in [-0.2, -0.15) is 0 Å². The lowest BCUT2D eigenvalue weighted by atomic mass is 10.0. The van der Waals surface area contributed by atoms with Crippen molar-refractivity contribution in [1.29, 1.82) is 0 Å². The molecule has 0 N–H and O–H groups in total. The number of rotatable bonds is 3. The van der Waals surface area contributed by atoms with Gasteiger partial charge in [-0.3, -0.25) is 0 Å². The molecule has 0 aliphatic carbocycles. The maximum atomic E-state index is 6.18. The number of methoxy groups -OCH3 is 2. The van der Waals surface area contributed by atoms with E-state index in [-0.39, 0.29) is 0 Å². The van der Waals surface area contributed by atoms with Crippen LogP contribution in [0.5, 0.6) is 11.5 Å². The summed E-state index contributed by atoms with van der Waals surface area (Å²) in [6.45, 7) is 4.15. The predicted octanol–water partition coefficient (Wildman–Crippen LogP) is 3.48.